The summed E-state index contributed by atoms with van der Waals surface area (Å²) >= 11 is 7.43. The molecule has 0 radical (unpaired) electrons. The Morgan fingerprint density at radius 3 is 2.48 bits per heavy atom. The minimum Gasteiger partial charge on any atom is -0.388 e. The maximum absolute atomic E-state index is 10.3. The van der Waals surface area contributed by atoms with E-state index in [1.807, 2.05) is 47.8 Å². The number of hydrogen-bond donors (Lipinski definition) is 1. The van der Waals surface area contributed by atoms with Gasteiger partial charge in [-0.25, -0.2) is 4.98 Å². The Bertz CT molecular complexity index is 709. The van der Waals surface area contributed by atoms with Gasteiger partial charge in [-0.15, -0.1) is 11.3 Å². The Morgan fingerprint density at radius 2 is 1.76 bits per heavy atom. The van der Waals surface area contributed by atoms with E-state index in [1.165, 1.54) is 0 Å². The minimum absolute atomic E-state index is 0.513. The predicted octanol–water partition coefficient (Wildman–Crippen LogP) is 4.74. The predicted molar refractivity (Wildman–Crippen MR) is 87.7 cm³/mol. The van der Waals surface area contributed by atoms with Gasteiger partial charge in [-0.2, -0.15) is 0 Å². The molecule has 0 saturated heterocycles. The molecule has 0 aliphatic rings. The van der Waals surface area contributed by atoms with Crippen molar-refractivity contribution in [2.24, 2.45) is 0 Å². The lowest BCUT2D eigenvalue weighted by molar-refractivity contribution is 0.178. The largest absolute Gasteiger partial charge is 0.388 e. The van der Waals surface area contributed by atoms with E-state index in [4.69, 9.17) is 11.6 Å². The van der Waals surface area contributed by atoms with Crippen LogP contribution in [0.1, 0.15) is 16.7 Å². The fourth-order valence-electron chi connectivity index (χ4n) is 2.11. The van der Waals surface area contributed by atoms with Crippen molar-refractivity contribution >= 4 is 22.9 Å². The first-order valence-electron chi connectivity index (χ1n) is 6.66. The Labute approximate surface area is 132 Å². The van der Waals surface area contributed by atoms with E-state index in [0.717, 1.165) is 21.8 Å². The van der Waals surface area contributed by atoms with Crippen LogP contribution in [-0.4, -0.2) is 10.1 Å². The molecule has 21 heavy (non-hydrogen) atoms. The summed E-state index contributed by atoms with van der Waals surface area (Å²) in [4.78, 5) is 4.60. The van der Waals surface area contributed by atoms with Gasteiger partial charge in [0.25, 0.3) is 0 Å². The summed E-state index contributed by atoms with van der Waals surface area (Å²) < 4.78 is 0. The fourth-order valence-corrected chi connectivity index (χ4v) is 3.08. The highest BCUT2D eigenvalue weighted by Crippen LogP contribution is 2.26. The maximum Gasteiger partial charge on any atom is 0.0961 e. The van der Waals surface area contributed by atoms with E-state index in [0.29, 0.717) is 11.4 Å². The van der Waals surface area contributed by atoms with Gasteiger partial charge in [-0.05, 0) is 17.7 Å². The zero-order valence-electron chi connectivity index (χ0n) is 11.2. The van der Waals surface area contributed by atoms with E-state index in [9.17, 15) is 5.11 Å². The van der Waals surface area contributed by atoms with Crippen molar-refractivity contribution in [2.75, 3.05) is 0 Å². The highest BCUT2D eigenvalue weighted by molar-refractivity contribution is 7.09. The Balaban J connectivity index is 1.74. The summed E-state index contributed by atoms with van der Waals surface area (Å²) in [6.07, 6.45) is -0.0453. The molecule has 0 amide bonds. The van der Waals surface area contributed by atoms with Gasteiger partial charge in [-0.1, -0.05) is 54.1 Å². The van der Waals surface area contributed by atoms with E-state index < -0.39 is 6.10 Å². The Morgan fingerprint density at radius 1 is 1.05 bits per heavy atom. The summed E-state index contributed by atoms with van der Waals surface area (Å²) in [7, 11) is 0. The lowest BCUT2D eigenvalue weighted by Gasteiger charge is -2.08. The molecule has 4 heteroatoms. The average Bonchev–Trinajstić information content (AvgIpc) is 2.97. The normalized spacial score (nSPS) is 12.3. The molecular formula is C17H14ClNOS. The molecule has 3 rings (SSSR count). The second-order valence-corrected chi connectivity index (χ2v) is 6.14. The van der Waals surface area contributed by atoms with E-state index in [1.54, 1.807) is 23.5 Å². The minimum atomic E-state index is -0.558. The van der Waals surface area contributed by atoms with Crippen molar-refractivity contribution in [1.82, 2.24) is 4.98 Å². The van der Waals surface area contributed by atoms with Crippen molar-refractivity contribution in [3.05, 3.63) is 75.6 Å². The van der Waals surface area contributed by atoms with E-state index >= 15 is 0 Å². The molecule has 1 unspecified atom stereocenters. The second kappa shape index (κ2) is 6.39. The van der Waals surface area contributed by atoms with Crippen molar-refractivity contribution in [3.63, 3.8) is 0 Å². The fraction of sp³-hybridized carbons (Fsp3) is 0.118. The SMILES string of the molecule is OC(Cc1nc(-c2ccccc2)cs1)c1ccc(Cl)cc1. The van der Waals surface area contributed by atoms with Crippen LogP contribution in [0, 0.1) is 0 Å². The highest BCUT2D eigenvalue weighted by Gasteiger charge is 2.12. The standard InChI is InChI=1S/C17H14ClNOS/c18-14-8-6-13(7-9-14)16(20)10-17-19-15(11-21-17)12-4-2-1-3-5-12/h1-9,11,16,20H,10H2. The van der Waals surface area contributed by atoms with Crippen molar-refractivity contribution in [1.29, 1.82) is 0 Å². The first-order chi connectivity index (χ1) is 10.2. The number of halogens is 1. The van der Waals surface area contributed by atoms with Gasteiger partial charge in [-0.3, -0.25) is 0 Å². The molecule has 0 bridgehead atoms. The van der Waals surface area contributed by atoms with Crippen LogP contribution >= 0.6 is 22.9 Å². The molecule has 1 N–H and O–H groups in total. The monoisotopic (exact) mass is 315 g/mol. The molecule has 2 aromatic carbocycles. The molecule has 1 heterocycles. The third-order valence-corrected chi connectivity index (χ3v) is 4.37. The van der Waals surface area contributed by atoms with Crippen LogP contribution < -0.4 is 0 Å². The number of aliphatic hydroxyl groups excluding tert-OH is 1. The van der Waals surface area contributed by atoms with Gasteiger partial charge in [0.15, 0.2) is 0 Å². The number of nitrogens with zero attached hydrogens (tertiary/aromatic N) is 1. The van der Waals surface area contributed by atoms with Crippen LogP contribution in [0.15, 0.2) is 60.0 Å². The zero-order valence-corrected chi connectivity index (χ0v) is 12.8. The molecule has 106 valence electrons. The Kier molecular flexibility index (Phi) is 4.34. The number of rotatable bonds is 4. The summed E-state index contributed by atoms with van der Waals surface area (Å²) in [5, 5.41) is 13.9. The number of benzene rings is 2. The first-order valence-corrected chi connectivity index (χ1v) is 7.91. The topological polar surface area (TPSA) is 33.1 Å². The van der Waals surface area contributed by atoms with Gasteiger partial charge in [0.05, 0.1) is 16.8 Å². The van der Waals surface area contributed by atoms with E-state index in [-0.39, 0.29) is 0 Å². The molecule has 2 nitrogen and oxygen atoms in total. The van der Waals surface area contributed by atoms with Crippen molar-refractivity contribution in [3.8, 4) is 11.3 Å². The molecular weight excluding hydrogens is 302 g/mol. The maximum atomic E-state index is 10.3. The van der Waals surface area contributed by atoms with Crippen LogP contribution in [-0.2, 0) is 6.42 Å². The summed E-state index contributed by atoms with van der Waals surface area (Å²) in [5.74, 6) is 0. The highest BCUT2D eigenvalue weighted by atomic mass is 35.5. The number of aromatic nitrogens is 1. The molecule has 1 atom stereocenters. The number of aliphatic hydroxyl groups is 1. The van der Waals surface area contributed by atoms with Gasteiger partial charge in [0, 0.05) is 22.4 Å². The second-order valence-electron chi connectivity index (χ2n) is 4.76. The summed E-state index contributed by atoms with van der Waals surface area (Å²) in [6.45, 7) is 0. The molecule has 0 spiro atoms. The van der Waals surface area contributed by atoms with Gasteiger partial charge in [0.1, 0.15) is 0 Å². The van der Waals surface area contributed by atoms with Gasteiger partial charge in [0.2, 0.25) is 0 Å². The molecule has 3 aromatic rings. The van der Waals surface area contributed by atoms with Crippen molar-refractivity contribution < 1.29 is 5.11 Å². The number of thiazole rings is 1. The van der Waals surface area contributed by atoms with Crippen LogP contribution in [0.3, 0.4) is 0 Å². The van der Waals surface area contributed by atoms with Crippen LogP contribution in [0.25, 0.3) is 11.3 Å². The third kappa shape index (κ3) is 3.50. The summed E-state index contributed by atoms with van der Waals surface area (Å²) in [5.41, 5.74) is 2.91. The zero-order chi connectivity index (χ0) is 14.7. The summed E-state index contributed by atoms with van der Waals surface area (Å²) in [6, 6.07) is 17.3. The lowest BCUT2D eigenvalue weighted by Crippen LogP contribution is -2.01. The first kappa shape index (κ1) is 14.3. The smallest absolute Gasteiger partial charge is 0.0961 e. The molecule has 0 saturated carbocycles. The molecule has 0 aliphatic heterocycles. The average molecular weight is 316 g/mol. The van der Waals surface area contributed by atoms with Crippen LogP contribution in [0.5, 0.6) is 0 Å². The molecule has 0 fully saturated rings. The van der Waals surface area contributed by atoms with Gasteiger partial charge >= 0.3 is 0 Å². The lowest BCUT2D eigenvalue weighted by atomic mass is 10.1. The van der Waals surface area contributed by atoms with Gasteiger partial charge < -0.3 is 5.11 Å². The third-order valence-electron chi connectivity index (χ3n) is 3.24. The van der Waals surface area contributed by atoms with Crippen LogP contribution in [0.2, 0.25) is 5.02 Å². The quantitative estimate of drug-likeness (QED) is 0.754. The molecule has 0 aliphatic carbocycles. The Hall–Kier alpha value is -1.68. The molecule has 1 aromatic heterocycles. The number of hydrogen-bond acceptors (Lipinski definition) is 3. The van der Waals surface area contributed by atoms with E-state index in [2.05, 4.69) is 4.98 Å². The van der Waals surface area contributed by atoms with Crippen LogP contribution in [0.4, 0.5) is 0 Å². The van der Waals surface area contributed by atoms with Crippen molar-refractivity contribution in [2.45, 2.75) is 12.5 Å².